The highest BCUT2D eigenvalue weighted by Gasteiger charge is 2.46. The van der Waals surface area contributed by atoms with Gasteiger partial charge in [-0.3, -0.25) is 20.3 Å². The summed E-state index contributed by atoms with van der Waals surface area (Å²) in [5, 5.41) is 21.9. The Kier molecular flexibility index (Phi) is 5.55. The van der Waals surface area contributed by atoms with E-state index in [4.69, 9.17) is 10.1 Å². The van der Waals surface area contributed by atoms with Crippen LogP contribution in [0.5, 0.6) is 5.75 Å². The second-order valence-corrected chi connectivity index (χ2v) is 8.15. The van der Waals surface area contributed by atoms with Gasteiger partial charge in [-0.05, 0) is 49.4 Å². The highest BCUT2D eigenvalue weighted by molar-refractivity contribution is 8.27. The third-order valence-electron chi connectivity index (χ3n) is 5.08. The number of hydrogen-bond donors (Lipinski definition) is 1. The van der Waals surface area contributed by atoms with Crippen LogP contribution in [-0.2, 0) is 4.79 Å². The molecule has 1 N–H and O–H groups in total. The minimum Gasteiger partial charge on any atom is -0.494 e. The summed E-state index contributed by atoms with van der Waals surface area (Å²) in [4.78, 5) is 26.7. The van der Waals surface area contributed by atoms with Gasteiger partial charge in [0.15, 0.2) is 5.84 Å². The van der Waals surface area contributed by atoms with E-state index in [1.54, 1.807) is 24.5 Å². The van der Waals surface area contributed by atoms with Crippen molar-refractivity contribution >= 4 is 45.5 Å². The molecule has 1 aromatic carbocycles. The van der Waals surface area contributed by atoms with Crippen LogP contribution in [0.2, 0.25) is 0 Å². The van der Waals surface area contributed by atoms with Gasteiger partial charge in [-0.25, -0.2) is 0 Å². The summed E-state index contributed by atoms with van der Waals surface area (Å²) in [5.74, 6) is -1.14. The number of non-ortho nitro benzene ring substituents is 1. The van der Waals surface area contributed by atoms with E-state index in [0.717, 1.165) is 0 Å². The first-order valence-electron chi connectivity index (χ1n) is 9.51. The van der Waals surface area contributed by atoms with Crippen molar-refractivity contribution < 1.29 is 27.6 Å². The minimum absolute atomic E-state index is 0.150. The predicted molar refractivity (Wildman–Crippen MR) is 120 cm³/mol. The van der Waals surface area contributed by atoms with Gasteiger partial charge in [0.2, 0.25) is 10.2 Å². The van der Waals surface area contributed by atoms with Gasteiger partial charge in [0, 0.05) is 17.5 Å². The summed E-state index contributed by atoms with van der Waals surface area (Å²) in [5.41, 5.74) is 1.91. The number of nitrogens with zero attached hydrogens (tertiary/aromatic N) is 5. The molecule has 4 rings (SSSR count). The van der Waals surface area contributed by atoms with E-state index in [1.807, 2.05) is 0 Å². The van der Waals surface area contributed by atoms with Gasteiger partial charge < -0.3 is 9.30 Å². The number of hydrazone groups is 1. The number of nitro benzene ring substituents is 1. The number of aromatic nitrogens is 1. The zero-order valence-electron chi connectivity index (χ0n) is 17.8. The molecule has 2 aliphatic heterocycles. The number of rotatable bonds is 4. The first kappa shape index (κ1) is 23.2. The molecule has 1 amide bonds. The first-order valence-corrected chi connectivity index (χ1v) is 10.3. The SMILES string of the molecule is COc1cc([N+](=O)[O-])ccc1-n1c(C)cc(C=C2C(=N)N3N=C(C(F)(F)F)SC3=NC2=O)c1C. The van der Waals surface area contributed by atoms with Crippen molar-refractivity contribution in [2.45, 2.75) is 20.0 Å². The average Bonchev–Trinajstić information content (AvgIpc) is 3.31. The maximum Gasteiger partial charge on any atom is 0.441 e. The number of aryl methyl sites for hydroxylation is 1. The van der Waals surface area contributed by atoms with Crippen LogP contribution in [0.25, 0.3) is 11.8 Å². The molecular weight excluding hydrogens is 477 g/mol. The van der Waals surface area contributed by atoms with Crippen molar-refractivity contribution in [1.29, 1.82) is 5.41 Å². The number of amides is 1. The van der Waals surface area contributed by atoms with Crippen LogP contribution in [0, 0.1) is 29.4 Å². The zero-order chi connectivity index (χ0) is 24.9. The number of benzene rings is 1. The van der Waals surface area contributed by atoms with Crippen LogP contribution in [0.15, 0.2) is 39.9 Å². The number of ether oxygens (including phenoxy) is 1. The topological polar surface area (TPSA) is 126 Å². The molecule has 0 aliphatic carbocycles. The Morgan fingerprint density at radius 1 is 1.26 bits per heavy atom. The molecule has 0 unspecified atom stereocenters. The molecule has 1 aromatic heterocycles. The number of hydrogen-bond acceptors (Lipinski definition) is 7. The molecule has 10 nitrogen and oxygen atoms in total. The second-order valence-electron chi connectivity index (χ2n) is 7.20. The Labute approximate surface area is 194 Å². The number of nitro groups is 1. The van der Waals surface area contributed by atoms with Crippen LogP contribution in [0.3, 0.4) is 0 Å². The van der Waals surface area contributed by atoms with Gasteiger partial charge in [0.1, 0.15) is 5.75 Å². The average molecular weight is 492 g/mol. The van der Waals surface area contributed by atoms with Crippen LogP contribution in [0.1, 0.15) is 17.0 Å². The summed E-state index contributed by atoms with van der Waals surface area (Å²) < 4.78 is 46.1. The molecule has 0 radical (unpaired) electrons. The number of halogens is 3. The van der Waals surface area contributed by atoms with E-state index in [1.165, 1.54) is 31.4 Å². The van der Waals surface area contributed by atoms with Gasteiger partial charge >= 0.3 is 6.18 Å². The summed E-state index contributed by atoms with van der Waals surface area (Å²) in [6, 6.07) is 5.83. The highest BCUT2D eigenvalue weighted by Crippen LogP contribution is 2.36. The van der Waals surface area contributed by atoms with Crippen molar-refractivity contribution in [2.24, 2.45) is 10.1 Å². The van der Waals surface area contributed by atoms with Crippen molar-refractivity contribution in [2.75, 3.05) is 7.11 Å². The normalized spacial score (nSPS) is 17.1. The van der Waals surface area contributed by atoms with Gasteiger partial charge in [0.25, 0.3) is 11.6 Å². The van der Waals surface area contributed by atoms with Gasteiger partial charge in [-0.15, -0.1) is 0 Å². The van der Waals surface area contributed by atoms with E-state index in [0.29, 0.717) is 27.6 Å². The molecule has 176 valence electrons. The number of aliphatic imine (C=N–C) groups is 1. The Morgan fingerprint density at radius 3 is 2.59 bits per heavy atom. The number of nitrogens with one attached hydrogen (secondary N) is 1. The van der Waals surface area contributed by atoms with E-state index in [-0.39, 0.29) is 33.9 Å². The largest absolute Gasteiger partial charge is 0.494 e. The Morgan fingerprint density at radius 2 is 1.97 bits per heavy atom. The fraction of sp³-hybridized carbons (Fsp3) is 0.200. The van der Waals surface area contributed by atoms with E-state index in [2.05, 4.69) is 10.1 Å². The van der Waals surface area contributed by atoms with Gasteiger partial charge in [0.05, 0.1) is 29.4 Å². The van der Waals surface area contributed by atoms with Crippen molar-refractivity contribution in [3.63, 3.8) is 0 Å². The lowest BCUT2D eigenvalue weighted by molar-refractivity contribution is -0.384. The second kappa shape index (κ2) is 8.13. The molecule has 2 aliphatic rings. The Hall–Kier alpha value is -3.94. The third kappa shape index (κ3) is 3.85. The number of amidine groups is 2. The third-order valence-corrected chi connectivity index (χ3v) is 6.04. The van der Waals surface area contributed by atoms with Crippen molar-refractivity contribution in [3.05, 3.63) is 56.9 Å². The molecule has 34 heavy (non-hydrogen) atoms. The van der Waals surface area contributed by atoms with Crippen LogP contribution >= 0.6 is 11.8 Å². The summed E-state index contributed by atoms with van der Waals surface area (Å²) in [6.07, 6.45) is -3.38. The number of methoxy groups -OCH3 is 1. The fourth-order valence-corrected chi connectivity index (χ4v) is 4.29. The molecular formula is C20H15F3N6O4S. The molecule has 14 heteroatoms. The number of carbonyl (C=O) groups excluding carboxylic acids is 1. The molecule has 0 fully saturated rings. The quantitative estimate of drug-likeness (QED) is 0.387. The summed E-state index contributed by atoms with van der Waals surface area (Å²) in [7, 11) is 1.38. The van der Waals surface area contributed by atoms with Crippen molar-refractivity contribution in [3.8, 4) is 11.4 Å². The molecule has 0 saturated carbocycles. The first-order chi connectivity index (χ1) is 15.9. The lowest BCUT2D eigenvalue weighted by Gasteiger charge is -2.20. The van der Waals surface area contributed by atoms with Crippen LogP contribution in [0.4, 0.5) is 18.9 Å². The Bertz CT molecular complexity index is 1360. The lowest BCUT2D eigenvalue weighted by Crippen LogP contribution is -2.35. The molecule has 0 atom stereocenters. The minimum atomic E-state index is -4.73. The van der Waals surface area contributed by atoms with Gasteiger partial charge in [-0.2, -0.15) is 28.3 Å². The van der Waals surface area contributed by atoms with E-state index < -0.39 is 27.9 Å². The smallest absolute Gasteiger partial charge is 0.441 e. The number of thioether (sulfide) groups is 1. The lowest BCUT2D eigenvalue weighted by atomic mass is 10.1. The molecule has 0 bridgehead atoms. The highest BCUT2D eigenvalue weighted by atomic mass is 32.2. The number of carbonyl (C=O) groups is 1. The van der Waals surface area contributed by atoms with E-state index >= 15 is 0 Å². The van der Waals surface area contributed by atoms with Crippen LogP contribution < -0.4 is 4.74 Å². The summed E-state index contributed by atoms with van der Waals surface area (Å²) in [6.45, 7) is 3.48. The molecule has 0 saturated heterocycles. The van der Waals surface area contributed by atoms with Gasteiger partial charge in [-0.1, -0.05) is 0 Å². The zero-order valence-corrected chi connectivity index (χ0v) is 18.6. The van der Waals surface area contributed by atoms with Crippen molar-refractivity contribution in [1.82, 2.24) is 9.58 Å². The molecule has 0 spiro atoms. The maximum absolute atomic E-state index is 13.0. The van der Waals surface area contributed by atoms with Crippen LogP contribution in [-0.4, -0.2) is 49.7 Å². The number of fused-ring (bicyclic) bond motifs is 1. The summed E-state index contributed by atoms with van der Waals surface area (Å²) >= 11 is 0.178. The predicted octanol–water partition coefficient (Wildman–Crippen LogP) is 4.19. The molecule has 3 heterocycles. The van der Waals surface area contributed by atoms with E-state index in [9.17, 15) is 28.1 Å². The monoisotopic (exact) mass is 492 g/mol. The fourth-order valence-electron chi connectivity index (χ4n) is 3.53. The maximum atomic E-state index is 13.0. The Balaban J connectivity index is 1.76. The number of alkyl halides is 3. The standard InChI is InChI=1S/C20H15F3N6O4S/c1-9-6-11(10(2)27(9)14-5-4-12(29(31)32)8-15(14)33-3)7-13-16(24)28-19(25-17(13)30)34-18(26-28)20(21,22)23/h4-8,24H,1-3H3. The molecule has 2 aromatic rings.